The van der Waals surface area contributed by atoms with Crippen LogP contribution in [0, 0.1) is 0 Å². The Balaban J connectivity index is 2.09. The molecule has 0 N–H and O–H groups in total. The highest BCUT2D eigenvalue weighted by atomic mass is 32.2. The number of aryl methyl sites for hydroxylation is 1. The second-order valence-electron chi connectivity index (χ2n) is 5.42. The summed E-state index contributed by atoms with van der Waals surface area (Å²) in [6, 6.07) is 0. The molecule has 1 aliphatic heterocycles. The summed E-state index contributed by atoms with van der Waals surface area (Å²) in [4.78, 5) is 4.35. The van der Waals surface area contributed by atoms with Crippen LogP contribution in [0.3, 0.4) is 0 Å². The van der Waals surface area contributed by atoms with Crippen LogP contribution >= 0.6 is 0 Å². The van der Waals surface area contributed by atoms with Gasteiger partial charge in [-0.1, -0.05) is 0 Å². The molecule has 1 aliphatic rings. The lowest BCUT2D eigenvalue weighted by Gasteiger charge is -2.32. The van der Waals surface area contributed by atoms with Gasteiger partial charge in [0.1, 0.15) is 5.82 Å². The lowest BCUT2D eigenvalue weighted by molar-refractivity contribution is 0.134. The van der Waals surface area contributed by atoms with Crippen molar-refractivity contribution in [2.24, 2.45) is 7.05 Å². The molecule has 6 nitrogen and oxygen atoms in total. The number of aromatic nitrogens is 2. The second-order valence-corrected chi connectivity index (χ2v) is 7.43. The molecule has 114 valence electrons. The third kappa shape index (κ3) is 3.39. The number of ether oxygens (including phenoxy) is 1. The Morgan fingerprint density at radius 2 is 2.30 bits per heavy atom. The molecule has 20 heavy (non-hydrogen) atoms. The highest BCUT2D eigenvalue weighted by Gasteiger charge is 2.32. The Morgan fingerprint density at radius 1 is 1.55 bits per heavy atom. The fourth-order valence-corrected chi connectivity index (χ4v) is 4.40. The monoisotopic (exact) mass is 301 g/mol. The van der Waals surface area contributed by atoms with Crippen LogP contribution in [0.1, 0.15) is 31.5 Å². The number of rotatable bonds is 5. The van der Waals surface area contributed by atoms with Gasteiger partial charge in [-0.3, -0.25) is 0 Å². The topological polar surface area (TPSA) is 64.4 Å². The van der Waals surface area contributed by atoms with E-state index in [1.165, 1.54) is 7.11 Å². The molecule has 0 unspecified atom stereocenters. The summed E-state index contributed by atoms with van der Waals surface area (Å²) < 4.78 is 33.4. The van der Waals surface area contributed by atoms with E-state index in [0.717, 1.165) is 18.7 Å². The zero-order valence-electron chi connectivity index (χ0n) is 12.3. The minimum Gasteiger partial charge on any atom is -0.381 e. The van der Waals surface area contributed by atoms with E-state index in [-0.39, 0.29) is 17.8 Å². The van der Waals surface area contributed by atoms with Crippen molar-refractivity contribution in [2.45, 2.75) is 31.8 Å². The van der Waals surface area contributed by atoms with Crippen LogP contribution in [0.4, 0.5) is 0 Å². The quantitative estimate of drug-likeness (QED) is 0.813. The molecule has 1 aromatic heterocycles. The maximum Gasteiger partial charge on any atom is 0.216 e. The highest BCUT2D eigenvalue weighted by molar-refractivity contribution is 7.89. The Kier molecular flexibility index (Phi) is 4.82. The number of hydrogen-bond donors (Lipinski definition) is 0. The van der Waals surface area contributed by atoms with E-state index in [0.29, 0.717) is 13.1 Å². The molecule has 2 heterocycles. The predicted octanol–water partition coefficient (Wildman–Crippen LogP) is 0.964. The van der Waals surface area contributed by atoms with E-state index < -0.39 is 10.0 Å². The van der Waals surface area contributed by atoms with Crippen molar-refractivity contribution >= 4 is 10.0 Å². The van der Waals surface area contributed by atoms with Gasteiger partial charge in [-0.25, -0.2) is 17.7 Å². The molecule has 0 bridgehead atoms. The van der Waals surface area contributed by atoms with Gasteiger partial charge in [0.15, 0.2) is 0 Å². The van der Waals surface area contributed by atoms with Gasteiger partial charge in [0, 0.05) is 45.6 Å². The van der Waals surface area contributed by atoms with Crippen LogP contribution in [0.25, 0.3) is 0 Å². The summed E-state index contributed by atoms with van der Waals surface area (Å²) in [7, 11) is 0.222. The van der Waals surface area contributed by atoms with Crippen LogP contribution in [0.15, 0.2) is 12.4 Å². The fourth-order valence-electron chi connectivity index (χ4n) is 2.65. The van der Waals surface area contributed by atoms with Gasteiger partial charge in [-0.05, 0) is 19.8 Å². The minimum atomic E-state index is -3.26. The van der Waals surface area contributed by atoms with Gasteiger partial charge < -0.3 is 9.30 Å². The van der Waals surface area contributed by atoms with Crippen LogP contribution < -0.4 is 0 Å². The van der Waals surface area contributed by atoms with Crippen molar-refractivity contribution in [1.29, 1.82) is 0 Å². The summed E-state index contributed by atoms with van der Waals surface area (Å²) in [5.41, 5.74) is 0. The minimum absolute atomic E-state index is 0.0385. The standard InChI is InChI=1S/C13H23N3O3S/c1-11(19-3)10-20(17,18)16-7-4-5-12(9-16)13-14-6-8-15(13)2/h6,8,11-12H,4-5,7,9-10H2,1-3H3/t11-,12+/m1/s1. The number of hydrogen-bond acceptors (Lipinski definition) is 4. The summed E-state index contributed by atoms with van der Waals surface area (Å²) in [5, 5.41) is 0. The largest absolute Gasteiger partial charge is 0.381 e. The Labute approximate surface area is 120 Å². The number of methoxy groups -OCH3 is 1. The smallest absolute Gasteiger partial charge is 0.216 e. The van der Waals surface area contributed by atoms with Crippen LogP contribution in [0.5, 0.6) is 0 Å². The maximum absolute atomic E-state index is 12.4. The molecule has 0 aromatic carbocycles. The van der Waals surface area contributed by atoms with Crippen molar-refractivity contribution in [1.82, 2.24) is 13.9 Å². The summed E-state index contributed by atoms with van der Waals surface area (Å²) in [6.07, 6.45) is 5.23. The number of nitrogens with zero attached hydrogens (tertiary/aromatic N) is 3. The zero-order valence-corrected chi connectivity index (χ0v) is 13.1. The molecular formula is C13H23N3O3S. The Hall–Kier alpha value is -0.920. The van der Waals surface area contributed by atoms with E-state index in [4.69, 9.17) is 4.74 Å². The predicted molar refractivity (Wildman–Crippen MR) is 77.0 cm³/mol. The molecule has 2 atom stereocenters. The zero-order chi connectivity index (χ0) is 14.8. The summed E-state index contributed by atoms with van der Waals surface area (Å²) in [5.74, 6) is 1.18. The van der Waals surface area contributed by atoms with Crippen LogP contribution in [0.2, 0.25) is 0 Å². The van der Waals surface area contributed by atoms with Gasteiger partial charge in [0.05, 0.1) is 11.9 Å². The molecule has 2 rings (SSSR count). The average Bonchev–Trinajstić information content (AvgIpc) is 2.84. The first kappa shape index (κ1) is 15.5. The molecule has 0 aliphatic carbocycles. The van der Waals surface area contributed by atoms with Crippen molar-refractivity contribution in [3.63, 3.8) is 0 Å². The number of piperidine rings is 1. The average molecular weight is 301 g/mol. The molecule has 0 radical (unpaired) electrons. The summed E-state index contributed by atoms with van der Waals surface area (Å²) >= 11 is 0. The lowest BCUT2D eigenvalue weighted by atomic mass is 9.99. The van der Waals surface area contributed by atoms with E-state index in [1.54, 1.807) is 17.4 Å². The van der Waals surface area contributed by atoms with E-state index in [1.807, 2.05) is 17.8 Å². The third-order valence-corrected chi connectivity index (χ3v) is 5.86. The molecule has 1 aromatic rings. The van der Waals surface area contributed by atoms with Gasteiger partial charge in [-0.15, -0.1) is 0 Å². The second kappa shape index (κ2) is 6.24. The Morgan fingerprint density at radius 3 is 2.90 bits per heavy atom. The van der Waals surface area contributed by atoms with Gasteiger partial charge >= 0.3 is 0 Å². The number of sulfonamides is 1. The van der Waals surface area contributed by atoms with E-state index in [9.17, 15) is 8.42 Å². The fraction of sp³-hybridized carbons (Fsp3) is 0.769. The van der Waals surface area contributed by atoms with Gasteiger partial charge in [0.25, 0.3) is 0 Å². The Bertz CT molecular complexity index is 541. The van der Waals surface area contributed by atoms with Gasteiger partial charge in [0.2, 0.25) is 10.0 Å². The van der Waals surface area contributed by atoms with Gasteiger partial charge in [-0.2, -0.15) is 0 Å². The van der Waals surface area contributed by atoms with E-state index in [2.05, 4.69) is 4.98 Å². The molecular weight excluding hydrogens is 278 g/mol. The normalized spacial score (nSPS) is 22.9. The highest BCUT2D eigenvalue weighted by Crippen LogP contribution is 2.27. The molecule has 0 amide bonds. The third-order valence-electron chi connectivity index (χ3n) is 3.85. The lowest BCUT2D eigenvalue weighted by Crippen LogP contribution is -2.42. The van der Waals surface area contributed by atoms with Crippen molar-refractivity contribution < 1.29 is 13.2 Å². The van der Waals surface area contributed by atoms with Crippen molar-refractivity contribution in [3.05, 3.63) is 18.2 Å². The molecule has 0 saturated carbocycles. The molecule has 1 fully saturated rings. The van der Waals surface area contributed by atoms with Crippen LogP contribution in [-0.2, 0) is 21.8 Å². The first-order valence-corrected chi connectivity index (χ1v) is 8.53. The SMILES string of the molecule is CO[C@H](C)CS(=O)(=O)N1CCC[C@H](c2nccn2C)C1. The van der Waals surface area contributed by atoms with Crippen molar-refractivity contribution in [2.75, 3.05) is 26.0 Å². The van der Waals surface area contributed by atoms with Crippen LogP contribution in [-0.4, -0.2) is 54.3 Å². The molecule has 1 saturated heterocycles. The molecule has 0 spiro atoms. The first-order valence-electron chi connectivity index (χ1n) is 6.92. The number of imidazole rings is 1. The van der Waals surface area contributed by atoms with Crippen molar-refractivity contribution in [3.8, 4) is 0 Å². The maximum atomic E-state index is 12.4. The van der Waals surface area contributed by atoms with E-state index >= 15 is 0 Å². The first-order chi connectivity index (χ1) is 9.44. The summed E-state index contributed by atoms with van der Waals surface area (Å²) in [6.45, 7) is 2.89. The molecule has 7 heteroatoms.